The number of ether oxygens (including phenoxy) is 1. The lowest BCUT2D eigenvalue weighted by Gasteiger charge is -2.48. The fourth-order valence-corrected chi connectivity index (χ4v) is 4.27. The molecule has 1 saturated carbocycles. The number of β-amino-alcohol motifs (C(OH)–C–C–N with tert-alkyl or cyclic N) is 1. The zero-order valence-corrected chi connectivity index (χ0v) is 15.1. The molecule has 3 nitrogen and oxygen atoms in total. The molecule has 23 heavy (non-hydrogen) atoms. The van der Waals surface area contributed by atoms with Crippen LogP contribution in [-0.2, 0) is 10.2 Å². The van der Waals surface area contributed by atoms with Crippen LogP contribution >= 0.6 is 23.2 Å². The van der Waals surface area contributed by atoms with E-state index >= 15 is 0 Å². The Hall–Kier alpha value is -0.320. The standard InChI is InChI=1S/C18H25Cl2NO2/c1-23-14-4-2-9-21(11-14)12-17(22)18(7-3-8-18)13-5-6-15(19)16(20)10-13/h5-6,10,14,17,22H,2-4,7-9,11-12H2,1H3. The van der Waals surface area contributed by atoms with Crippen molar-refractivity contribution in [2.75, 3.05) is 26.7 Å². The predicted octanol–water partition coefficient (Wildman–Crippen LogP) is 3.89. The average molecular weight is 358 g/mol. The minimum absolute atomic E-state index is 0.172. The molecule has 1 aliphatic heterocycles. The highest BCUT2D eigenvalue weighted by atomic mass is 35.5. The first-order valence-corrected chi connectivity index (χ1v) is 9.19. The maximum atomic E-state index is 11.0. The summed E-state index contributed by atoms with van der Waals surface area (Å²) in [4.78, 5) is 2.33. The number of aliphatic hydroxyl groups is 1. The molecule has 128 valence electrons. The molecule has 2 fully saturated rings. The zero-order chi connectivity index (χ0) is 16.4. The smallest absolute Gasteiger partial charge is 0.0763 e. The van der Waals surface area contributed by atoms with Gasteiger partial charge in [-0.3, -0.25) is 4.90 Å². The van der Waals surface area contributed by atoms with Gasteiger partial charge in [-0.05, 0) is 49.9 Å². The molecule has 1 aromatic rings. The molecule has 0 radical (unpaired) electrons. The van der Waals surface area contributed by atoms with Crippen LogP contribution in [0.15, 0.2) is 18.2 Å². The number of aliphatic hydroxyl groups excluding tert-OH is 1. The van der Waals surface area contributed by atoms with Gasteiger partial charge in [0.2, 0.25) is 0 Å². The molecule has 1 heterocycles. The summed E-state index contributed by atoms with van der Waals surface area (Å²) in [6.07, 6.45) is 5.31. The normalized spacial score (nSPS) is 25.8. The van der Waals surface area contributed by atoms with Crippen LogP contribution < -0.4 is 0 Å². The van der Waals surface area contributed by atoms with Crippen molar-refractivity contribution in [3.63, 3.8) is 0 Å². The quantitative estimate of drug-likeness (QED) is 0.867. The van der Waals surface area contributed by atoms with Gasteiger partial charge in [-0.25, -0.2) is 0 Å². The molecule has 1 saturated heterocycles. The molecule has 5 heteroatoms. The minimum Gasteiger partial charge on any atom is -0.391 e. The lowest BCUT2D eigenvalue weighted by Crippen LogP contribution is -2.52. The Balaban J connectivity index is 1.73. The van der Waals surface area contributed by atoms with Gasteiger partial charge in [0.1, 0.15) is 0 Å². The summed E-state index contributed by atoms with van der Waals surface area (Å²) < 4.78 is 5.49. The Bertz CT molecular complexity index is 548. The van der Waals surface area contributed by atoms with Crippen molar-refractivity contribution in [2.24, 2.45) is 0 Å². The second-order valence-corrected chi connectivity index (χ2v) is 7.73. The van der Waals surface area contributed by atoms with E-state index in [1.165, 1.54) is 0 Å². The maximum Gasteiger partial charge on any atom is 0.0763 e. The monoisotopic (exact) mass is 357 g/mol. The topological polar surface area (TPSA) is 32.7 Å². The van der Waals surface area contributed by atoms with Gasteiger partial charge in [0.15, 0.2) is 0 Å². The highest BCUT2D eigenvalue weighted by Gasteiger charge is 2.45. The first kappa shape index (κ1) is 17.5. The van der Waals surface area contributed by atoms with Crippen LogP contribution in [0.25, 0.3) is 0 Å². The number of benzene rings is 1. The van der Waals surface area contributed by atoms with Gasteiger partial charge in [0, 0.05) is 25.6 Å². The second-order valence-electron chi connectivity index (χ2n) is 6.91. The number of methoxy groups -OCH3 is 1. The Kier molecular flexibility index (Phi) is 5.54. The molecular weight excluding hydrogens is 333 g/mol. The summed E-state index contributed by atoms with van der Waals surface area (Å²) in [5.41, 5.74) is 0.944. The van der Waals surface area contributed by atoms with E-state index in [-0.39, 0.29) is 11.5 Å². The van der Waals surface area contributed by atoms with Gasteiger partial charge in [0.25, 0.3) is 0 Å². The van der Waals surface area contributed by atoms with E-state index in [4.69, 9.17) is 27.9 Å². The summed E-state index contributed by atoms with van der Waals surface area (Å²) in [6, 6.07) is 5.79. The molecule has 0 aromatic heterocycles. The van der Waals surface area contributed by atoms with Crippen molar-refractivity contribution in [1.82, 2.24) is 4.90 Å². The number of halogens is 2. The average Bonchev–Trinajstić information content (AvgIpc) is 2.50. The van der Waals surface area contributed by atoms with Crippen LogP contribution in [0.4, 0.5) is 0 Å². The van der Waals surface area contributed by atoms with Gasteiger partial charge >= 0.3 is 0 Å². The molecular formula is C18H25Cl2NO2. The molecule has 2 aliphatic rings. The number of nitrogens with zero attached hydrogens (tertiary/aromatic N) is 1. The number of piperidine rings is 1. The SMILES string of the molecule is COC1CCCN(CC(O)C2(c3ccc(Cl)c(Cl)c3)CCC2)C1. The van der Waals surface area contributed by atoms with Crippen molar-refractivity contribution in [1.29, 1.82) is 0 Å². The lowest BCUT2D eigenvalue weighted by atomic mass is 9.61. The minimum atomic E-state index is -0.385. The van der Waals surface area contributed by atoms with Crippen LogP contribution in [0, 0.1) is 0 Å². The van der Waals surface area contributed by atoms with Crippen LogP contribution in [0.5, 0.6) is 0 Å². The third-order valence-corrected chi connectivity index (χ3v) is 6.34. The Morgan fingerprint density at radius 2 is 2.09 bits per heavy atom. The molecule has 0 bridgehead atoms. The number of rotatable bonds is 5. The first-order valence-electron chi connectivity index (χ1n) is 8.44. The van der Waals surface area contributed by atoms with Crippen LogP contribution in [-0.4, -0.2) is 49.0 Å². The van der Waals surface area contributed by atoms with E-state index in [9.17, 15) is 5.11 Å². The van der Waals surface area contributed by atoms with Crippen molar-refractivity contribution in [3.05, 3.63) is 33.8 Å². The van der Waals surface area contributed by atoms with Crippen LogP contribution in [0.3, 0.4) is 0 Å². The molecule has 1 N–H and O–H groups in total. The maximum absolute atomic E-state index is 11.0. The number of hydrogen-bond acceptors (Lipinski definition) is 3. The van der Waals surface area contributed by atoms with E-state index < -0.39 is 0 Å². The molecule has 1 aromatic carbocycles. The van der Waals surface area contributed by atoms with Crippen molar-refractivity contribution < 1.29 is 9.84 Å². The molecule has 0 spiro atoms. The predicted molar refractivity (Wildman–Crippen MR) is 94.5 cm³/mol. The van der Waals surface area contributed by atoms with Crippen LogP contribution in [0.1, 0.15) is 37.7 Å². The molecule has 2 unspecified atom stereocenters. The zero-order valence-electron chi connectivity index (χ0n) is 13.6. The lowest BCUT2D eigenvalue weighted by molar-refractivity contribution is -0.0255. The van der Waals surface area contributed by atoms with E-state index in [1.807, 2.05) is 18.2 Å². The summed E-state index contributed by atoms with van der Waals surface area (Å²) in [5.74, 6) is 0. The molecule has 2 atom stereocenters. The second kappa shape index (κ2) is 7.28. The number of likely N-dealkylation sites (tertiary alicyclic amines) is 1. The Morgan fingerprint density at radius 1 is 1.30 bits per heavy atom. The van der Waals surface area contributed by atoms with Crippen molar-refractivity contribution in [2.45, 2.75) is 49.7 Å². The third kappa shape index (κ3) is 3.54. The van der Waals surface area contributed by atoms with E-state index in [0.29, 0.717) is 22.7 Å². The summed E-state index contributed by atoms with van der Waals surface area (Å²) >= 11 is 12.2. The van der Waals surface area contributed by atoms with E-state index in [2.05, 4.69) is 4.90 Å². The van der Waals surface area contributed by atoms with Gasteiger partial charge in [-0.1, -0.05) is 35.7 Å². The van der Waals surface area contributed by atoms with Gasteiger partial charge < -0.3 is 9.84 Å². The van der Waals surface area contributed by atoms with Gasteiger partial charge in [0.05, 0.1) is 22.3 Å². The fraction of sp³-hybridized carbons (Fsp3) is 0.667. The van der Waals surface area contributed by atoms with Crippen LogP contribution in [0.2, 0.25) is 10.0 Å². The summed E-state index contributed by atoms with van der Waals surface area (Å²) in [5, 5.41) is 12.1. The van der Waals surface area contributed by atoms with E-state index in [0.717, 1.165) is 50.8 Å². The highest BCUT2D eigenvalue weighted by Crippen LogP contribution is 2.47. The van der Waals surface area contributed by atoms with E-state index in [1.54, 1.807) is 7.11 Å². The van der Waals surface area contributed by atoms with Gasteiger partial charge in [-0.2, -0.15) is 0 Å². The number of hydrogen-bond donors (Lipinski definition) is 1. The third-order valence-electron chi connectivity index (χ3n) is 5.60. The van der Waals surface area contributed by atoms with Crippen molar-refractivity contribution >= 4 is 23.2 Å². The summed E-state index contributed by atoms with van der Waals surface area (Å²) in [6.45, 7) is 2.64. The summed E-state index contributed by atoms with van der Waals surface area (Å²) in [7, 11) is 1.77. The van der Waals surface area contributed by atoms with Crippen molar-refractivity contribution in [3.8, 4) is 0 Å². The largest absolute Gasteiger partial charge is 0.391 e. The highest BCUT2D eigenvalue weighted by molar-refractivity contribution is 6.42. The van der Waals surface area contributed by atoms with Gasteiger partial charge in [-0.15, -0.1) is 0 Å². The molecule has 1 aliphatic carbocycles. The molecule has 0 amide bonds. The fourth-order valence-electron chi connectivity index (χ4n) is 3.97. The Labute approximate surface area is 148 Å². The first-order chi connectivity index (χ1) is 11.0. The Morgan fingerprint density at radius 3 is 2.70 bits per heavy atom. The molecule has 3 rings (SSSR count).